The molecule has 0 aliphatic heterocycles. The van der Waals surface area contributed by atoms with Crippen molar-refractivity contribution in [3.05, 3.63) is 162 Å². The molecule has 0 spiro atoms. The normalized spacial score (nSPS) is 11.7. The Kier molecular flexibility index (Phi) is 11.8. The Hall–Kier alpha value is -6.46. The van der Waals surface area contributed by atoms with E-state index < -0.39 is 35.2 Å². The van der Waals surface area contributed by atoms with Crippen molar-refractivity contribution in [2.24, 2.45) is 0 Å². The van der Waals surface area contributed by atoms with Crippen molar-refractivity contribution in [3.63, 3.8) is 0 Å². The molecule has 6 aromatic carbocycles. The third kappa shape index (κ3) is 9.05. The van der Waals surface area contributed by atoms with Gasteiger partial charge in [-0.2, -0.15) is 157 Å². The molecule has 0 bridgehead atoms. The zero-order chi connectivity index (χ0) is 40.4. The molecule has 9 nitrogen and oxygen atoms in total. The summed E-state index contributed by atoms with van der Waals surface area (Å²) in [5.74, 6) is 0. The van der Waals surface area contributed by atoms with Gasteiger partial charge in [0.15, 0.2) is 0 Å². The van der Waals surface area contributed by atoms with Crippen LogP contribution in [0.25, 0.3) is 50.2 Å². The van der Waals surface area contributed by atoms with E-state index in [4.69, 9.17) is 0 Å². The second-order valence-electron chi connectivity index (χ2n) is 11.7. The summed E-state index contributed by atoms with van der Waals surface area (Å²) in [4.78, 5) is 2.90. The van der Waals surface area contributed by atoms with Crippen LogP contribution in [0, 0.1) is 18.2 Å². The fourth-order valence-electron chi connectivity index (χ4n) is 5.35. The molecule has 0 aliphatic carbocycles. The van der Waals surface area contributed by atoms with Gasteiger partial charge in [-0.3, -0.25) is 0 Å². The Morgan fingerprint density at radius 2 is 0.534 bits per heavy atom. The number of benzene rings is 6. The van der Waals surface area contributed by atoms with E-state index in [1.54, 1.807) is 72.8 Å². The van der Waals surface area contributed by atoms with Crippen molar-refractivity contribution in [1.82, 2.24) is 45.0 Å². The van der Waals surface area contributed by atoms with E-state index in [1.807, 2.05) is 0 Å². The average molecular weight is 979 g/mol. The summed E-state index contributed by atoms with van der Waals surface area (Å²) in [6.07, 6.45) is -13.4. The second kappa shape index (κ2) is 16.6. The molecular formula is C39H21F9IrN9. The third-order valence-corrected chi connectivity index (χ3v) is 7.88. The SMILES string of the molecule is FC(F)(F)c1ccc[c-]c1-n1nc2ccccc2n1.FC(F)(F)c1ccc[c-]c1-n1nc2ccccc2n1.FC(F)(F)c1ccc[c-]c1-n1nc2ccccc2n1.[Ir+3]. The summed E-state index contributed by atoms with van der Waals surface area (Å²) in [6.45, 7) is 0. The van der Waals surface area contributed by atoms with Crippen molar-refractivity contribution in [2.75, 3.05) is 0 Å². The van der Waals surface area contributed by atoms with Crippen LogP contribution in [0.4, 0.5) is 39.5 Å². The van der Waals surface area contributed by atoms with Crippen LogP contribution in [0.15, 0.2) is 127 Å². The number of fused-ring (bicyclic) bond motifs is 3. The van der Waals surface area contributed by atoms with Crippen LogP contribution in [0.5, 0.6) is 0 Å². The number of alkyl halides is 9. The zero-order valence-corrected chi connectivity index (χ0v) is 31.3. The van der Waals surface area contributed by atoms with Crippen LogP contribution in [0.2, 0.25) is 0 Å². The molecule has 9 rings (SSSR count). The molecule has 0 unspecified atom stereocenters. The van der Waals surface area contributed by atoms with E-state index in [9.17, 15) is 39.5 Å². The predicted octanol–water partition coefficient (Wildman–Crippen LogP) is 9.72. The summed E-state index contributed by atoms with van der Waals surface area (Å²) >= 11 is 0. The second-order valence-corrected chi connectivity index (χ2v) is 11.7. The minimum Gasteiger partial charge on any atom is -0.179 e. The summed E-state index contributed by atoms with van der Waals surface area (Å²) in [7, 11) is 0. The molecule has 0 saturated carbocycles. The predicted molar refractivity (Wildman–Crippen MR) is 188 cm³/mol. The first-order valence-corrected chi connectivity index (χ1v) is 16.4. The van der Waals surface area contributed by atoms with Crippen LogP contribution in [-0.4, -0.2) is 45.0 Å². The van der Waals surface area contributed by atoms with Gasteiger partial charge in [-0.05, 0) is 70.2 Å². The van der Waals surface area contributed by atoms with E-state index in [2.05, 4.69) is 48.8 Å². The first-order chi connectivity index (χ1) is 27.2. The van der Waals surface area contributed by atoms with Crippen molar-refractivity contribution < 1.29 is 59.6 Å². The van der Waals surface area contributed by atoms with Gasteiger partial charge < -0.3 is 0 Å². The maximum absolute atomic E-state index is 12.9. The van der Waals surface area contributed by atoms with Crippen molar-refractivity contribution in [1.29, 1.82) is 0 Å². The van der Waals surface area contributed by atoms with E-state index in [-0.39, 0.29) is 37.2 Å². The van der Waals surface area contributed by atoms with Crippen molar-refractivity contribution in [3.8, 4) is 17.1 Å². The Morgan fingerprint density at radius 1 is 0.328 bits per heavy atom. The summed E-state index contributed by atoms with van der Waals surface area (Å²) in [5.41, 5.74) is 0.173. The number of para-hydroxylation sites is 3. The number of nitrogens with zero attached hydrogens (tertiary/aromatic N) is 9. The van der Waals surface area contributed by atoms with Crippen LogP contribution >= 0.6 is 0 Å². The Morgan fingerprint density at radius 3 is 0.724 bits per heavy atom. The minimum absolute atomic E-state index is 0. The van der Waals surface area contributed by atoms with Crippen LogP contribution in [0.1, 0.15) is 16.7 Å². The van der Waals surface area contributed by atoms with Gasteiger partial charge in [-0.1, -0.05) is 36.4 Å². The Balaban J connectivity index is 0.000000145. The zero-order valence-electron chi connectivity index (χ0n) is 28.9. The van der Waals surface area contributed by atoms with Crippen LogP contribution in [0.3, 0.4) is 0 Å². The Labute approximate surface area is 334 Å². The van der Waals surface area contributed by atoms with Gasteiger partial charge in [0, 0.05) is 0 Å². The number of halogens is 9. The summed E-state index contributed by atoms with van der Waals surface area (Å²) in [5, 5.41) is 24.2. The molecule has 0 fully saturated rings. The molecular weight excluding hydrogens is 958 g/mol. The van der Waals surface area contributed by atoms with Gasteiger partial charge in [0.05, 0.1) is 0 Å². The fourth-order valence-corrected chi connectivity index (χ4v) is 5.35. The van der Waals surface area contributed by atoms with Gasteiger partial charge in [0.2, 0.25) is 0 Å². The molecule has 3 heterocycles. The molecule has 0 aliphatic rings. The molecule has 0 radical (unpaired) electrons. The van der Waals surface area contributed by atoms with Gasteiger partial charge in [0.25, 0.3) is 0 Å². The largest absolute Gasteiger partial charge is 3.00 e. The van der Waals surface area contributed by atoms with E-state index in [0.29, 0.717) is 33.1 Å². The van der Waals surface area contributed by atoms with E-state index >= 15 is 0 Å². The summed E-state index contributed by atoms with van der Waals surface area (Å²) in [6, 6.07) is 39.3. The Bertz CT molecular complexity index is 2400. The molecule has 9 aromatic rings. The molecule has 58 heavy (non-hydrogen) atoms. The van der Waals surface area contributed by atoms with Gasteiger partial charge in [-0.25, -0.2) is 0 Å². The number of rotatable bonds is 3. The topological polar surface area (TPSA) is 92.1 Å². The molecule has 0 atom stereocenters. The number of hydrogen-bond acceptors (Lipinski definition) is 6. The molecule has 0 amide bonds. The van der Waals surface area contributed by atoms with E-state index in [1.165, 1.54) is 36.4 Å². The van der Waals surface area contributed by atoms with Gasteiger partial charge >= 0.3 is 38.6 Å². The van der Waals surface area contributed by atoms with Crippen molar-refractivity contribution in [2.45, 2.75) is 18.5 Å². The number of aromatic nitrogens is 9. The molecule has 3 aromatic heterocycles. The maximum Gasteiger partial charge on any atom is 3.00 e. The van der Waals surface area contributed by atoms with E-state index in [0.717, 1.165) is 32.6 Å². The molecule has 0 saturated heterocycles. The van der Waals surface area contributed by atoms with Crippen LogP contribution in [-0.2, 0) is 38.6 Å². The fraction of sp³-hybridized carbons (Fsp3) is 0.0769. The first kappa shape index (κ1) is 41.2. The smallest absolute Gasteiger partial charge is 0.179 e. The van der Waals surface area contributed by atoms with Crippen LogP contribution < -0.4 is 0 Å². The third-order valence-electron chi connectivity index (χ3n) is 7.88. The first-order valence-electron chi connectivity index (χ1n) is 16.4. The quantitative estimate of drug-likeness (QED) is 0.129. The molecule has 294 valence electrons. The molecule has 19 heteroatoms. The van der Waals surface area contributed by atoms with Crippen molar-refractivity contribution >= 4 is 33.1 Å². The average Bonchev–Trinajstić information content (AvgIpc) is 3.94. The monoisotopic (exact) mass is 979 g/mol. The number of hydrogen-bond donors (Lipinski definition) is 0. The maximum atomic E-state index is 12.9. The standard InChI is InChI=1S/3C13H7F3N3.Ir/c3*14-13(15,16)9-5-1-4-8-12(9)19-17-10-6-2-3-7-11(10)18-19;/h3*1-7H;/q3*-1;+3. The van der Waals surface area contributed by atoms with Gasteiger partial charge in [0.1, 0.15) is 33.1 Å². The van der Waals surface area contributed by atoms with Gasteiger partial charge in [-0.15, -0.1) is 0 Å². The summed E-state index contributed by atoms with van der Waals surface area (Å²) < 4.78 is 116. The minimum atomic E-state index is -4.47. The molecule has 0 N–H and O–H groups in total.